The van der Waals surface area contributed by atoms with Crippen LogP contribution >= 0.6 is 0 Å². The van der Waals surface area contributed by atoms with Crippen molar-refractivity contribution >= 4 is 18.0 Å². The largest absolute Gasteiger partial charge is 0.481 e. The Labute approximate surface area is 174 Å². The van der Waals surface area contributed by atoms with E-state index in [1.54, 1.807) is 0 Å². The Morgan fingerprint density at radius 2 is 1.67 bits per heavy atom. The van der Waals surface area contributed by atoms with E-state index in [2.05, 4.69) is 17.4 Å². The first kappa shape index (κ1) is 19.9. The van der Waals surface area contributed by atoms with Crippen LogP contribution in [-0.4, -0.2) is 54.2 Å². The van der Waals surface area contributed by atoms with Gasteiger partial charge in [-0.15, -0.1) is 0 Å². The van der Waals surface area contributed by atoms with Crippen molar-refractivity contribution in [3.8, 4) is 11.1 Å². The zero-order valence-electron chi connectivity index (χ0n) is 16.5. The predicted octanol–water partition coefficient (Wildman–Crippen LogP) is 2.85. The fourth-order valence-corrected chi connectivity index (χ4v) is 4.31. The normalized spacial score (nSPS) is 17.7. The molecule has 0 aromatic heterocycles. The number of benzene rings is 2. The first-order valence-corrected chi connectivity index (χ1v) is 10.1. The van der Waals surface area contributed by atoms with E-state index in [1.165, 1.54) is 4.90 Å². The van der Waals surface area contributed by atoms with Crippen LogP contribution < -0.4 is 5.32 Å². The van der Waals surface area contributed by atoms with Crippen molar-refractivity contribution in [3.05, 3.63) is 59.7 Å². The number of piperidine rings is 1. The van der Waals surface area contributed by atoms with Crippen molar-refractivity contribution in [2.45, 2.75) is 18.8 Å². The van der Waals surface area contributed by atoms with Crippen LogP contribution in [0.1, 0.15) is 29.9 Å². The minimum Gasteiger partial charge on any atom is -0.481 e. The van der Waals surface area contributed by atoms with Gasteiger partial charge < -0.3 is 20.1 Å². The number of aliphatic carboxylic acids is 1. The average Bonchev–Trinajstić information content (AvgIpc) is 3.10. The Hall–Kier alpha value is -3.35. The number of carbonyl (C=O) groups is 3. The third-order valence-electron chi connectivity index (χ3n) is 5.85. The summed E-state index contributed by atoms with van der Waals surface area (Å²) < 4.78 is 5.42. The SMILES string of the molecule is O=C(NCC(=O)N1CCC[C@H](C(=O)O)C1)OCC1c2ccccc2-c2ccccc21. The van der Waals surface area contributed by atoms with E-state index in [4.69, 9.17) is 9.84 Å². The third-order valence-corrected chi connectivity index (χ3v) is 5.85. The second-order valence-corrected chi connectivity index (χ2v) is 7.70. The van der Waals surface area contributed by atoms with Crippen LogP contribution in [0, 0.1) is 5.92 Å². The summed E-state index contributed by atoms with van der Waals surface area (Å²) in [6.07, 6.45) is 0.559. The molecule has 1 heterocycles. The van der Waals surface area contributed by atoms with Gasteiger partial charge in [0.05, 0.1) is 5.92 Å². The lowest BCUT2D eigenvalue weighted by molar-refractivity contribution is -0.145. The lowest BCUT2D eigenvalue weighted by Gasteiger charge is -2.30. The fourth-order valence-electron chi connectivity index (χ4n) is 4.31. The number of nitrogens with one attached hydrogen (secondary N) is 1. The van der Waals surface area contributed by atoms with Gasteiger partial charge in [-0.3, -0.25) is 9.59 Å². The zero-order chi connectivity index (χ0) is 21.1. The Kier molecular flexibility index (Phi) is 5.70. The smallest absolute Gasteiger partial charge is 0.407 e. The molecular formula is C23H24N2O5. The Balaban J connectivity index is 1.31. The molecule has 156 valence electrons. The molecule has 4 rings (SSSR count). The van der Waals surface area contributed by atoms with Gasteiger partial charge in [0.1, 0.15) is 13.2 Å². The molecule has 2 aromatic carbocycles. The fraction of sp³-hybridized carbons (Fsp3) is 0.348. The van der Waals surface area contributed by atoms with Gasteiger partial charge in [-0.1, -0.05) is 48.5 Å². The minimum absolute atomic E-state index is 0.0442. The van der Waals surface area contributed by atoms with Crippen LogP contribution in [0.3, 0.4) is 0 Å². The number of likely N-dealkylation sites (tertiary alicyclic amines) is 1. The third kappa shape index (κ3) is 4.01. The van der Waals surface area contributed by atoms with E-state index in [0.29, 0.717) is 19.4 Å². The van der Waals surface area contributed by atoms with Gasteiger partial charge in [0.15, 0.2) is 0 Å². The van der Waals surface area contributed by atoms with Crippen LogP contribution in [0.25, 0.3) is 11.1 Å². The van der Waals surface area contributed by atoms with E-state index >= 15 is 0 Å². The highest BCUT2D eigenvalue weighted by Gasteiger charge is 2.30. The molecule has 30 heavy (non-hydrogen) atoms. The number of nitrogens with zero attached hydrogens (tertiary/aromatic N) is 1. The number of ether oxygens (including phenoxy) is 1. The van der Waals surface area contributed by atoms with Gasteiger partial charge in [0, 0.05) is 19.0 Å². The van der Waals surface area contributed by atoms with Crippen molar-refractivity contribution in [1.29, 1.82) is 0 Å². The van der Waals surface area contributed by atoms with Gasteiger partial charge in [-0.25, -0.2) is 4.79 Å². The number of carbonyl (C=O) groups excluding carboxylic acids is 2. The summed E-state index contributed by atoms with van der Waals surface area (Å²) in [6, 6.07) is 16.1. The van der Waals surface area contributed by atoms with Crippen molar-refractivity contribution in [3.63, 3.8) is 0 Å². The number of alkyl carbamates (subject to hydrolysis) is 1. The number of amides is 2. The molecule has 0 spiro atoms. The minimum atomic E-state index is -0.892. The molecule has 7 nitrogen and oxygen atoms in total. The Morgan fingerprint density at radius 3 is 2.30 bits per heavy atom. The van der Waals surface area contributed by atoms with Crippen molar-refractivity contribution in [1.82, 2.24) is 10.2 Å². The molecule has 1 aliphatic carbocycles. The van der Waals surface area contributed by atoms with E-state index in [1.807, 2.05) is 36.4 Å². The summed E-state index contributed by atoms with van der Waals surface area (Å²) in [5.74, 6) is -1.78. The number of hydrogen-bond donors (Lipinski definition) is 2. The lowest BCUT2D eigenvalue weighted by atomic mass is 9.98. The van der Waals surface area contributed by atoms with E-state index in [-0.39, 0.29) is 31.5 Å². The molecule has 2 aromatic rings. The number of carboxylic acids is 1. The topological polar surface area (TPSA) is 95.9 Å². The van der Waals surface area contributed by atoms with Crippen LogP contribution in [0.4, 0.5) is 4.79 Å². The number of fused-ring (bicyclic) bond motifs is 3. The molecule has 0 bridgehead atoms. The molecule has 0 radical (unpaired) electrons. The number of rotatable bonds is 5. The standard InChI is InChI=1S/C23H24N2O5/c26-21(25-11-5-6-15(13-25)22(27)28)12-24-23(29)30-14-20-18-9-3-1-7-16(18)17-8-2-4-10-19(17)20/h1-4,7-10,15,20H,5-6,11-14H2,(H,24,29)(H,27,28)/t15-/m0/s1. The molecule has 0 saturated carbocycles. The van der Waals surface area contributed by atoms with Crippen LogP contribution in [0.5, 0.6) is 0 Å². The predicted molar refractivity (Wildman–Crippen MR) is 110 cm³/mol. The van der Waals surface area contributed by atoms with Gasteiger partial charge in [-0.2, -0.15) is 0 Å². The van der Waals surface area contributed by atoms with E-state index in [9.17, 15) is 14.4 Å². The molecule has 1 aliphatic heterocycles. The van der Waals surface area contributed by atoms with Crippen LogP contribution in [-0.2, 0) is 14.3 Å². The number of carboxylic acid groups (broad SMARTS) is 1. The maximum Gasteiger partial charge on any atom is 0.407 e. The molecule has 2 N–H and O–H groups in total. The zero-order valence-corrected chi connectivity index (χ0v) is 16.5. The first-order valence-electron chi connectivity index (χ1n) is 10.1. The molecule has 1 fully saturated rings. The Morgan fingerprint density at radius 1 is 1.03 bits per heavy atom. The van der Waals surface area contributed by atoms with Crippen molar-refractivity contribution < 1.29 is 24.2 Å². The highest BCUT2D eigenvalue weighted by atomic mass is 16.5. The van der Waals surface area contributed by atoms with Crippen LogP contribution in [0.15, 0.2) is 48.5 Å². The van der Waals surface area contributed by atoms with Gasteiger partial charge >= 0.3 is 12.1 Å². The molecule has 7 heteroatoms. The average molecular weight is 408 g/mol. The molecule has 1 atom stereocenters. The first-order chi connectivity index (χ1) is 14.5. The van der Waals surface area contributed by atoms with Crippen molar-refractivity contribution in [2.24, 2.45) is 5.92 Å². The maximum absolute atomic E-state index is 12.3. The summed E-state index contributed by atoms with van der Waals surface area (Å²) in [6.45, 7) is 0.664. The maximum atomic E-state index is 12.3. The van der Waals surface area contributed by atoms with E-state index in [0.717, 1.165) is 22.3 Å². The molecule has 2 amide bonds. The van der Waals surface area contributed by atoms with Crippen LogP contribution in [0.2, 0.25) is 0 Å². The van der Waals surface area contributed by atoms with E-state index < -0.39 is 18.0 Å². The highest BCUT2D eigenvalue weighted by molar-refractivity contribution is 5.83. The lowest BCUT2D eigenvalue weighted by Crippen LogP contribution is -2.46. The summed E-state index contributed by atoms with van der Waals surface area (Å²) in [7, 11) is 0. The molecular weight excluding hydrogens is 384 g/mol. The van der Waals surface area contributed by atoms with Gasteiger partial charge in [0.2, 0.25) is 5.91 Å². The monoisotopic (exact) mass is 408 g/mol. The van der Waals surface area contributed by atoms with Gasteiger partial charge in [0.25, 0.3) is 0 Å². The second kappa shape index (κ2) is 8.57. The summed E-state index contributed by atoms with van der Waals surface area (Å²) >= 11 is 0. The van der Waals surface area contributed by atoms with Gasteiger partial charge in [-0.05, 0) is 35.1 Å². The highest BCUT2D eigenvalue weighted by Crippen LogP contribution is 2.44. The summed E-state index contributed by atoms with van der Waals surface area (Å²) in [5, 5.41) is 11.6. The molecule has 1 saturated heterocycles. The Bertz CT molecular complexity index is 928. The van der Waals surface area contributed by atoms with Crippen molar-refractivity contribution in [2.75, 3.05) is 26.2 Å². The number of hydrogen-bond acceptors (Lipinski definition) is 4. The molecule has 2 aliphatic rings. The summed E-state index contributed by atoms with van der Waals surface area (Å²) in [5.41, 5.74) is 4.54. The summed E-state index contributed by atoms with van der Waals surface area (Å²) in [4.78, 5) is 37.1. The quantitative estimate of drug-likeness (QED) is 0.793. The second-order valence-electron chi connectivity index (χ2n) is 7.70. The molecule has 0 unspecified atom stereocenters.